The number of unbranched alkanes of at least 4 members (excludes halogenated alkanes) is 2. The van der Waals surface area contributed by atoms with Gasteiger partial charge < -0.3 is 0 Å². The van der Waals surface area contributed by atoms with Crippen molar-refractivity contribution < 1.29 is 4.63 Å². The van der Waals surface area contributed by atoms with E-state index in [9.17, 15) is 0 Å². The van der Waals surface area contributed by atoms with Crippen molar-refractivity contribution in [1.29, 1.82) is 0 Å². The summed E-state index contributed by atoms with van der Waals surface area (Å²) in [5.74, 6) is 0. The summed E-state index contributed by atoms with van der Waals surface area (Å²) in [6, 6.07) is 0. The molecule has 0 saturated carbocycles. The van der Waals surface area contributed by atoms with Crippen LogP contribution < -0.4 is 0 Å². The van der Waals surface area contributed by atoms with Gasteiger partial charge in [0, 0.05) is 0 Å². The van der Waals surface area contributed by atoms with Crippen LogP contribution in [0.4, 0.5) is 0 Å². The largest absolute Gasteiger partial charge is 0.244 e. The van der Waals surface area contributed by atoms with Crippen molar-refractivity contribution in [2.24, 2.45) is 0 Å². The van der Waals surface area contributed by atoms with Crippen LogP contribution in [-0.2, 0) is 6.42 Å². The zero-order chi connectivity index (χ0) is 8.10. The Balaban J connectivity index is 2.32. The Hall–Kier alpha value is -0.860. The van der Waals surface area contributed by atoms with Crippen LogP contribution in [0.1, 0.15) is 37.6 Å². The summed E-state index contributed by atoms with van der Waals surface area (Å²) in [6.45, 7) is 4.12. The molecular formula is C8H14N2O. The fourth-order valence-electron chi connectivity index (χ4n) is 1.02. The lowest BCUT2D eigenvalue weighted by Crippen LogP contribution is -1.88. The van der Waals surface area contributed by atoms with Crippen molar-refractivity contribution in [3.63, 3.8) is 0 Å². The van der Waals surface area contributed by atoms with E-state index < -0.39 is 0 Å². The molecule has 1 heterocycles. The average Bonchev–Trinajstić information content (AvgIpc) is 2.37. The van der Waals surface area contributed by atoms with Gasteiger partial charge in [-0.25, -0.2) is 4.63 Å². The van der Waals surface area contributed by atoms with Gasteiger partial charge >= 0.3 is 0 Å². The maximum atomic E-state index is 4.58. The molecule has 3 nitrogen and oxygen atoms in total. The molecule has 0 amide bonds. The Morgan fingerprint density at radius 2 is 2.09 bits per heavy atom. The molecular weight excluding hydrogens is 140 g/mol. The zero-order valence-electron chi connectivity index (χ0n) is 7.13. The molecule has 1 aromatic rings. The van der Waals surface area contributed by atoms with E-state index in [-0.39, 0.29) is 0 Å². The predicted molar refractivity (Wildman–Crippen MR) is 42.3 cm³/mol. The summed E-state index contributed by atoms with van der Waals surface area (Å²) in [5.41, 5.74) is 1.94. The molecule has 0 N–H and O–H groups in total. The summed E-state index contributed by atoms with van der Waals surface area (Å²) < 4.78 is 4.58. The lowest BCUT2D eigenvalue weighted by Gasteiger charge is -1.93. The van der Waals surface area contributed by atoms with Crippen LogP contribution in [0.3, 0.4) is 0 Å². The smallest absolute Gasteiger partial charge is 0.108 e. The fraction of sp³-hybridized carbons (Fsp3) is 0.750. The maximum absolute atomic E-state index is 4.58. The van der Waals surface area contributed by atoms with Gasteiger partial charge in [0.2, 0.25) is 0 Å². The molecule has 0 aliphatic rings. The molecule has 0 aliphatic heterocycles. The monoisotopic (exact) mass is 154 g/mol. The van der Waals surface area contributed by atoms with E-state index in [1.165, 1.54) is 19.3 Å². The molecule has 0 saturated heterocycles. The van der Waals surface area contributed by atoms with Crippen molar-refractivity contribution >= 4 is 0 Å². The summed E-state index contributed by atoms with van der Waals surface area (Å²) in [6.07, 6.45) is 4.69. The first-order chi connectivity index (χ1) is 5.34. The van der Waals surface area contributed by atoms with Crippen molar-refractivity contribution in [2.45, 2.75) is 39.5 Å². The van der Waals surface area contributed by atoms with E-state index >= 15 is 0 Å². The zero-order valence-corrected chi connectivity index (χ0v) is 7.13. The molecule has 0 bridgehead atoms. The van der Waals surface area contributed by atoms with Crippen molar-refractivity contribution in [3.8, 4) is 0 Å². The minimum atomic E-state index is 0.932. The summed E-state index contributed by atoms with van der Waals surface area (Å²) in [4.78, 5) is 0. The molecule has 0 aromatic carbocycles. The van der Waals surface area contributed by atoms with E-state index in [1.807, 2.05) is 6.92 Å². The Labute approximate surface area is 66.8 Å². The molecule has 0 aliphatic carbocycles. The Morgan fingerprint density at radius 3 is 2.64 bits per heavy atom. The fourth-order valence-corrected chi connectivity index (χ4v) is 1.02. The normalized spacial score (nSPS) is 10.4. The van der Waals surface area contributed by atoms with E-state index in [1.54, 1.807) is 0 Å². The van der Waals surface area contributed by atoms with Gasteiger partial charge in [-0.1, -0.05) is 30.1 Å². The van der Waals surface area contributed by atoms with Gasteiger partial charge in [-0.05, 0) is 19.8 Å². The molecule has 62 valence electrons. The first kappa shape index (κ1) is 8.24. The minimum Gasteiger partial charge on any atom is -0.244 e. The van der Waals surface area contributed by atoms with Gasteiger partial charge in [0.1, 0.15) is 11.4 Å². The van der Waals surface area contributed by atoms with Gasteiger partial charge in [-0.3, -0.25) is 0 Å². The van der Waals surface area contributed by atoms with E-state index in [2.05, 4.69) is 21.9 Å². The van der Waals surface area contributed by atoms with Crippen molar-refractivity contribution in [2.75, 3.05) is 0 Å². The van der Waals surface area contributed by atoms with Gasteiger partial charge in [-0.2, -0.15) is 0 Å². The summed E-state index contributed by atoms with van der Waals surface area (Å²) in [7, 11) is 0. The molecule has 3 heteroatoms. The maximum Gasteiger partial charge on any atom is 0.108 e. The topological polar surface area (TPSA) is 38.9 Å². The van der Waals surface area contributed by atoms with E-state index in [4.69, 9.17) is 0 Å². The quantitative estimate of drug-likeness (QED) is 0.623. The highest BCUT2D eigenvalue weighted by Crippen LogP contribution is 2.06. The molecule has 0 unspecified atom stereocenters. The van der Waals surface area contributed by atoms with Gasteiger partial charge in [0.15, 0.2) is 0 Å². The highest BCUT2D eigenvalue weighted by molar-refractivity contribution is 5.04. The van der Waals surface area contributed by atoms with Gasteiger partial charge in [-0.15, -0.1) is 0 Å². The second-order valence-corrected chi connectivity index (χ2v) is 2.75. The van der Waals surface area contributed by atoms with Crippen LogP contribution in [0.2, 0.25) is 0 Å². The first-order valence-electron chi connectivity index (χ1n) is 4.12. The lowest BCUT2D eigenvalue weighted by atomic mass is 10.1. The molecule has 1 rings (SSSR count). The highest BCUT2D eigenvalue weighted by Gasteiger charge is 2.02. The number of nitrogens with zero attached hydrogens (tertiary/aromatic N) is 2. The van der Waals surface area contributed by atoms with Crippen LogP contribution in [0.15, 0.2) is 4.63 Å². The third-order valence-corrected chi connectivity index (χ3v) is 1.76. The van der Waals surface area contributed by atoms with Crippen molar-refractivity contribution in [1.82, 2.24) is 10.3 Å². The third kappa shape index (κ3) is 2.33. The number of hydrogen-bond acceptors (Lipinski definition) is 3. The highest BCUT2D eigenvalue weighted by atomic mass is 16.6. The van der Waals surface area contributed by atoms with Gasteiger partial charge in [0.25, 0.3) is 0 Å². The van der Waals surface area contributed by atoms with Crippen LogP contribution >= 0.6 is 0 Å². The lowest BCUT2D eigenvalue weighted by molar-refractivity contribution is 0.301. The molecule has 0 fully saturated rings. The Kier molecular flexibility index (Phi) is 3.08. The van der Waals surface area contributed by atoms with E-state index in [0.29, 0.717) is 0 Å². The Bertz CT molecular complexity index is 208. The van der Waals surface area contributed by atoms with Crippen LogP contribution in [0, 0.1) is 6.92 Å². The molecule has 11 heavy (non-hydrogen) atoms. The van der Waals surface area contributed by atoms with Crippen LogP contribution in [0.5, 0.6) is 0 Å². The SMILES string of the molecule is CCCCCc1nonc1C. The summed E-state index contributed by atoms with van der Waals surface area (Å²) >= 11 is 0. The third-order valence-electron chi connectivity index (χ3n) is 1.76. The standard InChI is InChI=1S/C8H14N2O/c1-3-4-5-6-8-7(2)9-11-10-8/h3-6H2,1-2H3. The second kappa shape index (κ2) is 4.11. The summed E-state index contributed by atoms with van der Waals surface area (Å²) in [5, 5.41) is 7.51. The van der Waals surface area contributed by atoms with Crippen LogP contribution in [-0.4, -0.2) is 10.3 Å². The number of hydrogen-bond donors (Lipinski definition) is 0. The molecule has 0 radical (unpaired) electrons. The molecule has 0 spiro atoms. The van der Waals surface area contributed by atoms with E-state index in [0.717, 1.165) is 17.8 Å². The Morgan fingerprint density at radius 1 is 1.27 bits per heavy atom. The molecule has 1 aromatic heterocycles. The second-order valence-electron chi connectivity index (χ2n) is 2.75. The number of rotatable bonds is 4. The number of aryl methyl sites for hydroxylation is 2. The number of aromatic nitrogens is 2. The van der Waals surface area contributed by atoms with Crippen molar-refractivity contribution in [3.05, 3.63) is 11.4 Å². The minimum absolute atomic E-state index is 0.932. The van der Waals surface area contributed by atoms with Gasteiger partial charge in [0.05, 0.1) is 0 Å². The average molecular weight is 154 g/mol. The first-order valence-corrected chi connectivity index (χ1v) is 4.12. The van der Waals surface area contributed by atoms with Crippen LogP contribution in [0.25, 0.3) is 0 Å². The predicted octanol–water partition coefficient (Wildman–Crippen LogP) is 2.11. The molecule has 0 atom stereocenters.